The average Bonchev–Trinajstić information content (AvgIpc) is 2.62. The van der Waals surface area contributed by atoms with E-state index in [-0.39, 0.29) is 0 Å². The molecule has 0 bridgehead atoms. The first-order chi connectivity index (χ1) is 6.97. The van der Waals surface area contributed by atoms with Gasteiger partial charge in [0.25, 0.3) is 0 Å². The van der Waals surface area contributed by atoms with Crippen molar-refractivity contribution in [2.24, 2.45) is 0 Å². The van der Waals surface area contributed by atoms with Crippen LogP contribution in [-0.4, -0.2) is 6.61 Å². The summed E-state index contributed by atoms with van der Waals surface area (Å²) < 4.78 is 5.69. The summed E-state index contributed by atoms with van der Waals surface area (Å²) in [4.78, 5) is 0. The second-order valence-corrected chi connectivity index (χ2v) is 3.61. The van der Waals surface area contributed by atoms with Gasteiger partial charge in [0.05, 0.1) is 6.61 Å². The van der Waals surface area contributed by atoms with Crippen LogP contribution in [-0.2, 0) is 4.74 Å². The minimum absolute atomic E-state index is 0.809. The van der Waals surface area contributed by atoms with Crippen molar-refractivity contribution >= 4 is 0 Å². The monoisotopic (exact) mass is 188 g/mol. The maximum atomic E-state index is 5.69. The van der Waals surface area contributed by atoms with Crippen LogP contribution < -0.4 is 0 Å². The second kappa shape index (κ2) is 4.85. The SMILES string of the molecule is C1=CCCCC(C2=CC=CCCO2)=C1. The van der Waals surface area contributed by atoms with Crippen LogP contribution in [0, 0.1) is 0 Å². The summed E-state index contributed by atoms with van der Waals surface area (Å²) in [5, 5.41) is 0. The first-order valence-corrected chi connectivity index (χ1v) is 5.32. The molecular weight excluding hydrogens is 172 g/mol. The molecule has 0 aromatic rings. The van der Waals surface area contributed by atoms with Gasteiger partial charge in [-0.05, 0) is 37.3 Å². The van der Waals surface area contributed by atoms with E-state index in [1.165, 1.54) is 18.4 Å². The van der Waals surface area contributed by atoms with Crippen LogP contribution in [0.25, 0.3) is 0 Å². The Morgan fingerprint density at radius 3 is 2.86 bits per heavy atom. The van der Waals surface area contributed by atoms with Crippen LogP contribution in [0.1, 0.15) is 25.7 Å². The van der Waals surface area contributed by atoms with Crippen molar-refractivity contribution in [3.8, 4) is 0 Å². The van der Waals surface area contributed by atoms with Gasteiger partial charge in [0.15, 0.2) is 0 Å². The Kier molecular flexibility index (Phi) is 3.23. The molecule has 0 radical (unpaired) electrons. The average molecular weight is 188 g/mol. The first-order valence-electron chi connectivity index (χ1n) is 5.32. The van der Waals surface area contributed by atoms with Gasteiger partial charge in [-0.1, -0.05) is 30.4 Å². The molecule has 1 aliphatic carbocycles. The Labute approximate surface area is 85.5 Å². The Morgan fingerprint density at radius 1 is 1.00 bits per heavy atom. The van der Waals surface area contributed by atoms with Gasteiger partial charge in [-0.3, -0.25) is 0 Å². The van der Waals surface area contributed by atoms with Crippen LogP contribution in [0.15, 0.2) is 47.8 Å². The number of allylic oxidation sites excluding steroid dienone is 6. The molecule has 1 heteroatoms. The lowest BCUT2D eigenvalue weighted by Gasteiger charge is -2.10. The Morgan fingerprint density at radius 2 is 1.86 bits per heavy atom. The molecular formula is C13H16O. The summed E-state index contributed by atoms with van der Waals surface area (Å²) in [5.74, 6) is 1.06. The molecule has 0 saturated carbocycles. The zero-order valence-electron chi connectivity index (χ0n) is 8.41. The lowest BCUT2D eigenvalue weighted by Crippen LogP contribution is -1.96. The predicted molar refractivity (Wildman–Crippen MR) is 58.9 cm³/mol. The predicted octanol–water partition coefficient (Wildman–Crippen LogP) is 3.51. The van der Waals surface area contributed by atoms with E-state index in [2.05, 4.69) is 36.5 Å². The van der Waals surface area contributed by atoms with Gasteiger partial charge >= 0.3 is 0 Å². The van der Waals surface area contributed by atoms with E-state index in [0.717, 1.165) is 25.2 Å². The molecule has 1 nitrogen and oxygen atoms in total. The Balaban J connectivity index is 2.12. The molecule has 0 amide bonds. The van der Waals surface area contributed by atoms with Gasteiger partial charge in [0, 0.05) is 0 Å². The molecule has 0 aromatic heterocycles. The second-order valence-electron chi connectivity index (χ2n) is 3.61. The highest BCUT2D eigenvalue weighted by atomic mass is 16.5. The summed E-state index contributed by atoms with van der Waals surface area (Å²) in [6.45, 7) is 0.809. The lowest BCUT2D eigenvalue weighted by molar-refractivity contribution is 0.226. The third-order valence-electron chi connectivity index (χ3n) is 2.49. The zero-order valence-corrected chi connectivity index (χ0v) is 8.41. The summed E-state index contributed by atoms with van der Waals surface area (Å²) in [6.07, 6.45) is 17.4. The minimum atomic E-state index is 0.809. The zero-order chi connectivity index (χ0) is 9.64. The molecule has 0 fully saturated rings. The summed E-state index contributed by atoms with van der Waals surface area (Å²) >= 11 is 0. The molecule has 1 heterocycles. The molecule has 0 atom stereocenters. The fourth-order valence-electron chi connectivity index (χ4n) is 1.72. The van der Waals surface area contributed by atoms with Crippen molar-refractivity contribution in [3.05, 3.63) is 47.8 Å². The van der Waals surface area contributed by atoms with Gasteiger partial charge in [0.2, 0.25) is 0 Å². The summed E-state index contributed by atoms with van der Waals surface area (Å²) in [5.41, 5.74) is 1.34. The van der Waals surface area contributed by atoms with Crippen LogP contribution >= 0.6 is 0 Å². The third-order valence-corrected chi connectivity index (χ3v) is 2.49. The molecule has 0 saturated heterocycles. The maximum Gasteiger partial charge on any atom is 0.122 e. The van der Waals surface area contributed by atoms with Crippen LogP contribution in [0.5, 0.6) is 0 Å². The van der Waals surface area contributed by atoms with E-state index in [9.17, 15) is 0 Å². The number of hydrogen-bond donors (Lipinski definition) is 0. The fourth-order valence-corrected chi connectivity index (χ4v) is 1.72. The standard InChI is InChI=1S/C13H16O/c1-2-5-9-12(8-4-1)13-10-6-3-7-11-14-13/h1,3-4,6,8,10H,2,5,7,9,11H2. The van der Waals surface area contributed by atoms with E-state index in [1.807, 2.05) is 0 Å². The molecule has 0 aromatic carbocycles. The van der Waals surface area contributed by atoms with Crippen molar-refractivity contribution in [1.82, 2.24) is 0 Å². The molecule has 0 unspecified atom stereocenters. The van der Waals surface area contributed by atoms with Gasteiger partial charge in [-0.2, -0.15) is 0 Å². The maximum absolute atomic E-state index is 5.69. The number of hydrogen-bond acceptors (Lipinski definition) is 1. The molecule has 14 heavy (non-hydrogen) atoms. The van der Waals surface area contributed by atoms with Gasteiger partial charge < -0.3 is 4.74 Å². The largest absolute Gasteiger partial charge is 0.493 e. The lowest BCUT2D eigenvalue weighted by atomic mass is 10.1. The van der Waals surface area contributed by atoms with Crippen molar-refractivity contribution < 1.29 is 4.74 Å². The molecule has 2 rings (SSSR count). The van der Waals surface area contributed by atoms with E-state index in [1.54, 1.807) is 0 Å². The fraction of sp³-hybridized carbons (Fsp3) is 0.385. The van der Waals surface area contributed by atoms with Crippen molar-refractivity contribution in [3.63, 3.8) is 0 Å². The van der Waals surface area contributed by atoms with E-state index in [0.29, 0.717) is 0 Å². The first kappa shape index (κ1) is 9.32. The van der Waals surface area contributed by atoms with Crippen molar-refractivity contribution in [2.75, 3.05) is 6.61 Å². The highest BCUT2D eigenvalue weighted by Gasteiger charge is 2.07. The third kappa shape index (κ3) is 2.38. The smallest absolute Gasteiger partial charge is 0.122 e. The number of ether oxygens (including phenoxy) is 1. The quantitative estimate of drug-likeness (QED) is 0.612. The number of rotatable bonds is 1. The minimum Gasteiger partial charge on any atom is -0.493 e. The van der Waals surface area contributed by atoms with Gasteiger partial charge in [0.1, 0.15) is 5.76 Å². The Hall–Kier alpha value is -1.24. The van der Waals surface area contributed by atoms with Crippen molar-refractivity contribution in [1.29, 1.82) is 0 Å². The topological polar surface area (TPSA) is 9.23 Å². The molecule has 0 N–H and O–H groups in total. The summed E-state index contributed by atoms with van der Waals surface area (Å²) in [6, 6.07) is 0. The highest BCUT2D eigenvalue weighted by molar-refractivity contribution is 5.33. The van der Waals surface area contributed by atoms with Crippen LogP contribution in [0.4, 0.5) is 0 Å². The molecule has 74 valence electrons. The van der Waals surface area contributed by atoms with Gasteiger partial charge in [-0.15, -0.1) is 0 Å². The highest BCUT2D eigenvalue weighted by Crippen LogP contribution is 2.22. The van der Waals surface area contributed by atoms with Crippen LogP contribution in [0.3, 0.4) is 0 Å². The van der Waals surface area contributed by atoms with E-state index < -0.39 is 0 Å². The molecule has 0 spiro atoms. The van der Waals surface area contributed by atoms with Crippen LogP contribution in [0.2, 0.25) is 0 Å². The Bertz CT molecular complexity index is 273. The normalized spacial score (nSPS) is 21.7. The van der Waals surface area contributed by atoms with Crippen molar-refractivity contribution in [2.45, 2.75) is 25.7 Å². The van der Waals surface area contributed by atoms with Gasteiger partial charge in [-0.25, -0.2) is 0 Å². The molecule has 2 aliphatic rings. The van der Waals surface area contributed by atoms with E-state index >= 15 is 0 Å². The molecule has 1 aliphatic heterocycles. The van der Waals surface area contributed by atoms with E-state index in [4.69, 9.17) is 4.74 Å². The summed E-state index contributed by atoms with van der Waals surface area (Å²) in [7, 11) is 0.